The fourth-order valence-corrected chi connectivity index (χ4v) is 3.21. The Balaban J connectivity index is 1.95. The van der Waals surface area contributed by atoms with Crippen LogP contribution in [0.25, 0.3) is 0 Å². The summed E-state index contributed by atoms with van der Waals surface area (Å²) in [7, 11) is 0. The fourth-order valence-electron chi connectivity index (χ4n) is 3.15. The Bertz CT molecular complexity index is 1260. The second kappa shape index (κ2) is 10.4. The third kappa shape index (κ3) is 5.87. The monoisotopic (exact) mass is 550 g/mol. The average Bonchev–Trinajstić information content (AvgIpc) is 2.83. The van der Waals surface area contributed by atoms with Gasteiger partial charge < -0.3 is 9.84 Å². The van der Waals surface area contributed by atoms with Crippen LogP contribution in [-0.2, 0) is 17.7 Å². The molecule has 0 saturated carbocycles. The summed E-state index contributed by atoms with van der Waals surface area (Å²) in [6.07, 6.45) is -3.33. The summed E-state index contributed by atoms with van der Waals surface area (Å²) in [5, 5.41) is 11.0. The molecule has 0 aliphatic heterocycles. The van der Waals surface area contributed by atoms with Crippen LogP contribution in [0.2, 0.25) is 0 Å². The maximum atomic E-state index is 15.7. The summed E-state index contributed by atoms with van der Waals surface area (Å²) in [5.74, 6) is 3.25. The Hall–Kier alpha value is -3.60. The molecule has 2 aromatic heterocycles. The lowest BCUT2D eigenvalue weighted by molar-refractivity contribution is -0.204. The highest BCUT2D eigenvalue weighted by atomic mass is 32.1. The van der Waals surface area contributed by atoms with E-state index < -0.39 is 57.8 Å². The molecule has 0 bridgehead atoms. The molecule has 6 N–H and O–H groups in total. The van der Waals surface area contributed by atoms with Crippen LogP contribution >= 0.6 is 12.2 Å². The van der Waals surface area contributed by atoms with Crippen molar-refractivity contribution in [2.24, 2.45) is 11.7 Å². The molecule has 3 rings (SSSR count). The maximum Gasteiger partial charge on any atom is 0.417 e. The zero-order valence-corrected chi connectivity index (χ0v) is 19.1. The second-order valence-electron chi connectivity index (χ2n) is 7.50. The summed E-state index contributed by atoms with van der Waals surface area (Å²) in [5.41, 5.74) is -4.68. The van der Waals surface area contributed by atoms with E-state index in [-0.39, 0.29) is 17.7 Å². The highest BCUT2D eigenvalue weighted by Gasteiger charge is 2.58. The number of nitrogens with zero attached hydrogens (tertiary/aromatic N) is 3. The van der Waals surface area contributed by atoms with E-state index in [2.05, 4.69) is 9.97 Å². The number of hydrogen-bond donors (Lipinski definition) is 4. The lowest BCUT2D eigenvalue weighted by atomic mass is 9.84. The Morgan fingerprint density at radius 1 is 1.03 bits per heavy atom. The third-order valence-electron chi connectivity index (χ3n) is 5.02. The van der Waals surface area contributed by atoms with Gasteiger partial charge in [0.25, 0.3) is 0 Å². The second-order valence-corrected chi connectivity index (χ2v) is 7.89. The number of hydrazine groups is 2. The van der Waals surface area contributed by atoms with Gasteiger partial charge in [0, 0.05) is 23.9 Å². The third-order valence-corrected chi connectivity index (χ3v) is 5.38. The van der Waals surface area contributed by atoms with Gasteiger partial charge in [0.2, 0.25) is 5.88 Å². The van der Waals surface area contributed by atoms with Crippen molar-refractivity contribution in [3.8, 4) is 11.6 Å². The van der Waals surface area contributed by atoms with Gasteiger partial charge in [0.05, 0.1) is 18.3 Å². The molecule has 0 spiro atoms. The van der Waals surface area contributed by atoms with E-state index in [1.165, 1.54) is 0 Å². The van der Waals surface area contributed by atoms with Crippen LogP contribution in [-0.4, -0.2) is 31.7 Å². The van der Waals surface area contributed by atoms with Crippen molar-refractivity contribution in [2.45, 2.75) is 17.7 Å². The summed E-state index contributed by atoms with van der Waals surface area (Å²) < 4.78 is 103. The van der Waals surface area contributed by atoms with E-state index in [9.17, 15) is 27.1 Å². The van der Waals surface area contributed by atoms with Crippen molar-refractivity contribution in [1.29, 1.82) is 0 Å². The van der Waals surface area contributed by atoms with Gasteiger partial charge in [-0.1, -0.05) is 0 Å². The first-order valence-corrected chi connectivity index (χ1v) is 10.4. The van der Waals surface area contributed by atoms with Crippen LogP contribution in [0.3, 0.4) is 0 Å². The largest absolute Gasteiger partial charge is 0.437 e. The maximum absolute atomic E-state index is 15.7. The predicted octanol–water partition coefficient (Wildman–Crippen LogP) is 3.47. The Labute approximate surface area is 209 Å². The van der Waals surface area contributed by atoms with Crippen LogP contribution in [0.5, 0.6) is 11.6 Å². The topological polar surface area (TPSA) is 123 Å². The molecule has 0 fully saturated rings. The predicted molar refractivity (Wildman–Crippen MR) is 119 cm³/mol. The minimum atomic E-state index is -4.62. The quantitative estimate of drug-likeness (QED) is 0.152. The van der Waals surface area contributed by atoms with E-state index in [1.807, 2.05) is 5.43 Å². The van der Waals surface area contributed by atoms with Gasteiger partial charge in [-0.15, -0.1) is 0 Å². The number of halogens is 7. The van der Waals surface area contributed by atoms with E-state index in [0.717, 1.165) is 18.3 Å². The van der Waals surface area contributed by atoms with Crippen LogP contribution in [0.4, 0.5) is 30.7 Å². The molecule has 1 unspecified atom stereocenters. The average molecular weight is 550 g/mol. The highest BCUT2D eigenvalue weighted by Crippen LogP contribution is 2.46. The number of ether oxygens (including phenoxy) is 1. The van der Waals surface area contributed by atoms with E-state index in [1.54, 1.807) is 0 Å². The first kappa shape index (κ1) is 28.0. The van der Waals surface area contributed by atoms with Crippen molar-refractivity contribution in [1.82, 2.24) is 20.4 Å². The molecule has 198 valence electrons. The molecule has 8 nitrogen and oxygen atoms in total. The molecule has 37 heavy (non-hydrogen) atoms. The SMILES string of the molecule is NNC(=S)N(N)CC(O)(c1ccc(F)cc1F)C(F)(F)c1ccc(Oc2ccc(C(F)(F)F)cn2)cn1. The number of rotatable bonds is 7. The standard InChI is InChI=1S/C21H17F7N6O2S/c22-12-2-4-14(15(23)7-12)19(35,10-34(30)18(37)33-29)20(24,25)16-5-3-13(9-31-16)36-17-6-1-11(8-32-17)21(26,27)28/h1-9,35H,10,29-30H2,(H,33,37). The number of nitrogens with one attached hydrogen (secondary N) is 1. The lowest BCUT2D eigenvalue weighted by Gasteiger charge is -2.38. The Morgan fingerprint density at radius 3 is 2.24 bits per heavy atom. The van der Waals surface area contributed by atoms with Crippen LogP contribution in [0.15, 0.2) is 54.9 Å². The number of benzene rings is 1. The van der Waals surface area contributed by atoms with Crippen molar-refractivity contribution in [3.63, 3.8) is 0 Å². The van der Waals surface area contributed by atoms with Gasteiger partial charge in [0.15, 0.2) is 10.7 Å². The molecule has 2 heterocycles. The summed E-state index contributed by atoms with van der Waals surface area (Å²) >= 11 is 4.75. The molecule has 0 aliphatic rings. The van der Waals surface area contributed by atoms with E-state index >= 15 is 8.78 Å². The molecular weight excluding hydrogens is 533 g/mol. The van der Waals surface area contributed by atoms with Gasteiger partial charge in [-0.3, -0.25) is 15.4 Å². The summed E-state index contributed by atoms with van der Waals surface area (Å²) in [6, 6.07) is 4.84. The van der Waals surface area contributed by atoms with Crippen LogP contribution in [0.1, 0.15) is 16.8 Å². The molecule has 3 aromatic rings. The number of nitrogens with two attached hydrogens (primary N) is 2. The van der Waals surface area contributed by atoms with Crippen molar-refractivity contribution in [2.75, 3.05) is 6.54 Å². The first-order chi connectivity index (χ1) is 17.2. The molecule has 0 saturated heterocycles. The zero-order chi connectivity index (χ0) is 27.6. The Morgan fingerprint density at radius 2 is 1.73 bits per heavy atom. The first-order valence-electron chi connectivity index (χ1n) is 9.95. The number of pyridine rings is 2. The molecule has 1 atom stereocenters. The molecular formula is C21H17F7N6O2S. The lowest BCUT2D eigenvalue weighted by Crippen LogP contribution is -2.58. The Kier molecular flexibility index (Phi) is 7.87. The van der Waals surface area contributed by atoms with E-state index in [4.69, 9.17) is 28.6 Å². The minimum absolute atomic E-state index is 0.197. The molecule has 0 amide bonds. The van der Waals surface area contributed by atoms with Crippen LogP contribution in [0, 0.1) is 11.6 Å². The number of aliphatic hydroxyl groups is 1. The van der Waals surface area contributed by atoms with Crippen molar-refractivity contribution >= 4 is 17.3 Å². The molecule has 16 heteroatoms. The zero-order valence-electron chi connectivity index (χ0n) is 18.3. The fraction of sp³-hybridized carbons (Fsp3) is 0.190. The van der Waals surface area contributed by atoms with Gasteiger partial charge >= 0.3 is 12.1 Å². The molecule has 0 aliphatic carbocycles. The normalized spacial score (nSPS) is 13.6. The van der Waals surface area contributed by atoms with Crippen molar-refractivity contribution in [3.05, 3.63) is 83.3 Å². The van der Waals surface area contributed by atoms with Crippen molar-refractivity contribution < 1.29 is 40.6 Å². The number of thiocarbonyl (C=S) groups is 1. The molecule has 0 radical (unpaired) electrons. The smallest absolute Gasteiger partial charge is 0.417 e. The summed E-state index contributed by atoms with van der Waals surface area (Å²) in [6.45, 7) is -1.22. The molecule has 1 aromatic carbocycles. The van der Waals surface area contributed by atoms with E-state index in [0.29, 0.717) is 35.5 Å². The summed E-state index contributed by atoms with van der Waals surface area (Å²) in [4.78, 5) is 7.03. The van der Waals surface area contributed by atoms with Gasteiger partial charge in [-0.05, 0) is 42.5 Å². The van der Waals surface area contributed by atoms with Crippen LogP contribution < -0.4 is 21.8 Å². The number of aromatic nitrogens is 2. The minimum Gasteiger partial charge on any atom is -0.437 e. The number of alkyl halides is 5. The van der Waals surface area contributed by atoms with Gasteiger partial charge in [-0.25, -0.2) is 25.5 Å². The van der Waals surface area contributed by atoms with Gasteiger partial charge in [-0.2, -0.15) is 22.0 Å². The van der Waals surface area contributed by atoms with Gasteiger partial charge in [0.1, 0.15) is 23.1 Å². The highest BCUT2D eigenvalue weighted by molar-refractivity contribution is 7.80. The number of hydrogen-bond acceptors (Lipinski definition) is 7.